The Morgan fingerprint density at radius 3 is 2.13 bits per heavy atom. The summed E-state index contributed by atoms with van der Waals surface area (Å²) >= 11 is 0. The molecule has 4 aromatic carbocycles. The van der Waals surface area contributed by atoms with Gasteiger partial charge in [-0.2, -0.15) is 5.26 Å². The number of aryl methyl sites for hydroxylation is 2. The van der Waals surface area contributed by atoms with Crippen molar-refractivity contribution in [3.05, 3.63) is 119 Å². The number of amides is 2. The Balaban J connectivity index is 0.000000209. The summed E-state index contributed by atoms with van der Waals surface area (Å²) in [6.45, 7) is 12.7. The number of nitrogens with one attached hydrogen (secondary N) is 2. The monoisotopic (exact) mass is 833 g/mol. The Kier molecular flexibility index (Phi) is 14.3. The van der Waals surface area contributed by atoms with Gasteiger partial charge in [-0.1, -0.05) is 61.5 Å². The van der Waals surface area contributed by atoms with Gasteiger partial charge in [0.05, 0.1) is 33.9 Å². The van der Waals surface area contributed by atoms with Gasteiger partial charge in [-0.05, 0) is 148 Å². The number of hydrogen-bond donors (Lipinski definition) is 5. The number of rotatable bonds is 12. The maximum atomic E-state index is 12.9. The molecule has 6 aromatic rings. The summed E-state index contributed by atoms with van der Waals surface area (Å²) in [7, 11) is 0. The zero-order chi connectivity index (χ0) is 44.6. The van der Waals surface area contributed by atoms with Crippen molar-refractivity contribution in [2.75, 3.05) is 24.6 Å². The van der Waals surface area contributed by atoms with Gasteiger partial charge in [-0.15, -0.1) is 0 Å². The molecule has 0 bridgehead atoms. The summed E-state index contributed by atoms with van der Waals surface area (Å²) in [5, 5.41) is 27.1. The molecule has 0 saturated carbocycles. The van der Waals surface area contributed by atoms with Crippen LogP contribution in [-0.4, -0.2) is 57.3 Å². The minimum absolute atomic E-state index is 0.0221. The van der Waals surface area contributed by atoms with Crippen LogP contribution in [0.25, 0.3) is 44.1 Å². The Morgan fingerprint density at radius 2 is 1.50 bits per heavy atom. The first-order chi connectivity index (χ1) is 29.5. The van der Waals surface area contributed by atoms with E-state index in [-0.39, 0.29) is 29.4 Å². The van der Waals surface area contributed by atoms with Crippen molar-refractivity contribution >= 4 is 45.3 Å². The van der Waals surface area contributed by atoms with Crippen LogP contribution in [0, 0.1) is 24.2 Å². The Bertz CT molecular complexity index is 2610. The maximum absolute atomic E-state index is 12.9. The number of carbonyl (C=O) groups is 2. The third-order valence-electron chi connectivity index (χ3n) is 11.4. The molecule has 3 heterocycles. The molecular weight excluding hydrogens is 775 g/mol. The average Bonchev–Trinajstić information content (AvgIpc) is 3.22. The van der Waals surface area contributed by atoms with Crippen LogP contribution in [0.5, 0.6) is 0 Å². The summed E-state index contributed by atoms with van der Waals surface area (Å²) in [6, 6.07) is 34.3. The molecule has 1 aliphatic rings. The number of nitriles is 1. The number of fused-ring (bicyclic) bond motifs is 2. The van der Waals surface area contributed by atoms with Crippen molar-refractivity contribution in [1.29, 1.82) is 5.26 Å². The van der Waals surface area contributed by atoms with E-state index in [9.17, 15) is 20.0 Å². The summed E-state index contributed by atoms with van der Waals surface area (Å²) in [5.74, 6) is 0.640. The highest BCUT2D eigenvalue weighted by Gasteiger charge is 2.30. The van der Waals surface area contributed by atoms with Crippen molar-refractivity contribution in [2.24, 2.45) is 5.92 Å². The molecule has 62 heavy (non-hydrogen) atoms. The molecular formula is C51H59N7O4. The second kappa shape index (κ2) is 19.6. The number of ether oxygens (including phenoxy) is 1. The molecule has 0 radical (unpaired) electrons. The van der Waals surface area contributed by atoms with E-state index in [1.54, 1.807) is 13.8 Å². The average molecular weight is 834 g/mol. The van der Waals surface area contributed by atoms with Crippen molar-refractivity contribution in [1.82, 2.24) is 20.6 Å². The lowest BCUT2D eigenvalue weighted by Crippen LogP contribution is -2.47. The largest absolute Gasteiger partial charge is 0.390 e. The van der Waals surface area contributed by atoms with Crippen LogP contribution in [0.4, 0.5) is 11.6 Å². The standard InChI is InChI=1S/C27H30N4O2.C24H29N3O2/c1-17(26(32)30-22-10-11-33-27(2,3)15-22)12-21-14-20-13-18(8-9-24(20)31-25(21)29)23-7-5-4-6-19(23)16-28;1-16-6-4-5-7-20(16)17-8-10-21-19(14-17)15-18(23(25)27-21)9-11-22(28)26-13-12-24(2,3)29/h4-9,13-14,17,22H,10-12,15H2,1-3H3,(H2,29,31)(H,30,32);4-8,10,14-15,29H,9,11-13H2,1-3H3,(H2,25,27)(H,26,28). The second-order valence-electron chi connectivity index (χ2n) is 17.7. The molecule has 0 spiro atoms. The molecule has 1 fully saturated rings. The number of anilines is 2. The van der Waals surface area contributed by atoms with Gasteiger partial charge in [0.15, 0.2) is 0 Å². The lowest BCUT2D eigenvalue weighted by atomic mass is 9.92. The fourth-order valence-electron chi connectivity index (χ4n) is 7.86. The van der Waals surface area contributed by atoms with Crippen LogP contribution in [0.1, 0.15) is 82.6 Å². The van der Waals surface area contributed by atoms with Crippen LogP contribution in [0.3, 0.4) is 0 Å². The molecule has 2 unspecified atom stereocenters. The minimum Gasteiger partial charge on any atom is -0.390 e. The first-order valence-electron chi connectivity index (χ1n) is 21.4. The summed E-state index contributed by atoms with van der Waals surface area (Å²) in [6.07, 6.45) is 3.51. The van der Waals surface area contributed by atoms with E-state index in [1.807, 2.05) is 79.7 Å². The van der Waals surface area contributed by atoms with Crippen LogP contribution in [0.2, 0.25) is 0 Å². The second-order valence-corrected chi connectivity index (χ2v) is 17.7. The molecule has 2 aromatic heterocycles. The number of nitrogen functional groups attached to an aromatic ring is 2. The van der Waals surface area contributed by atoms with E-state index >= 15 is 0 Å². The van der Waals surface area contributed by atoms with Gasteiger partial charge in [0.2, 0.25) is 11.8 Å². The fourth-order valence-corrected chi connectivity index (χ4v) is 7.86. The third kappa shape index (κ3) is 11.9. The maximum Gasteiger partial charge on any atom is 0.223 e. The highest BCUT2D eigenvalue weighted by Crippen LogP contribution is 2.31. The van der Waals surface area contributed by atoms with Crippen LogP contribution < -0.4 is 22.1 Å². The Hall–Kier alpha value is -6.35. The number of pyridine rings is 2. The van der Waals surface area contributed by atoms with Crippen LogP contribution in [-0.2, 0) is 27.2 Å². The molecule has 7 rings (SSSR count). The van der Waals surface area contributed by atoms with Gasteiger partial charge in [0, 0.05) is 42.3 Å². The zero-order valence-corrected chi connectivity index (χ0v) is 36.7. The number of carbonyl (C=O) groups excluding carboxylic acids is 2. The molecule has 1 aliphatic heterocycles. The first-order valence-corrected chi connectivity index (χ1v) is 21.4. The number of aromatic nitrogens is 2. The van der Waals surface area contributed by atoms with Crippen molar-refractivity contribution in [3.63, 3.8) is 0 Å². The molecule has 2 atom stereocenters. The summed E-state index contributed by atoms with van der Waals surface area (Å²) in [5.41, 5.74) is 20.7. The van der Waals surface area contributed by atoms with E-state index in [1.165, 1.54) is 11.1 Å². The predicted molar refractivity (Wildman–Crippen MR) is 249 cm³/mol. The molecule has 11 nitrogen and oxygen atoms in total. The Labute approximate surface area is 364 Å². The normalized spacial score (nSPS) is 15.2. The number of nitrogens with two attached hydrogens (primary N) is 2. The lowest BCUT2D eigenvalue weighted by molar-refractivity contribution is -0.127. The molecule has 2 amide bonds. The fraction of sp³-hybridized carbons (Fsp3) is 0.353. The van der Waals surface area contributed by atoms with Gasteiger partial charge in [0.25, 0.3) is 0 Å². The first kappa shape index (κ1) is 45.2. The number of aliphatic hydroxyl groups is 1. The van der Waals surface area contributed by atoms with Crippen LogP contribution in [0.15, 0.2) is 97.1 Å². The van der Waals surface area contributed by atoms with E-state index in [0.717, 1.165) is 62.5 Å². The van der Waals surface area contributed by atoms with Gasteiger partial charge in [-0.25, -0.2) is 9.97 Å². The Morgan fingerprint density at radius 1 is 0.903 bits per heavy atom. The van der Waals surface area contributed by atoms with Crippen molar-refractivity contribution < 1.29 is 19.4 Å². The minimum atomic E-state index is -0.783. The smallest absolute Gasteiger partial charge is 0.223 e. The zero-order valence-electron chi connectivity index (χ0n) is 36.7. The topological polar surface area (TPSA) is 189 Å². The number of benzene rings is 4. The van der Waals surface area contributed by atoms with Gasteiger partial charge in [-0.3, -0.25) is 9.59 Å². The molecule has 1 saturated heterocycles. The summed E-state index contributed by atoms with van der Waals surface area (Å²) in [4.78, 5) is 34.0. The van der Waals surface area contributed by atoms with Gasteiger partial charge in [0.1, 0.15) is 11.6 Å². The van der Waals surface area contributed by atoms with E-state index in [2.05, 4.69) is 71.7 Å². The third-order valence-corrected chi connectivity index (χ3v) is 11.4. The highest BCUT2D eigenvalue weighted by atomic mass is 16.5. The van der Waals surface area contributed by atoms with E-state index < -0.39 is 5.60 Å². The number of nitrogens with zero attached hydrogens (tertiary/aromatic N) is 3. The quantitative estimate of drug-likeness (QED) is 0.0804. The van der Waals surface area contributed by atoms with E-state index in [0.29, 0.717) is 56.0 Å². The van der Waals surface area contributed by atoms with E-state index in [4.69, 9.17) is 16.2 Å². The SMILES string of the molecule is CC(Cc1cc2cc(-c3ccccc3C#N)ccc2nc1N)C(=O)NC1CCOC(C)(C)C1.Cc1ccccc1-c1ccc2nc(N)c(CCC(=O)NCCC(C)(C)O)cc2c1. The van der Waals surface area contributed by atoms with Crippen molar-refractivity contribution in [3.8, 4) is 28.3 Å². The van der Waals surface area contributed by atoms with Gasteiger partial charge < -0.3 is 31.9 Å². The van der Waals surface area contributed by atoms with Crippen molar-refractivity contribution in [2.45, 2.75) is 97.3 Å². The molecule has 7 N–H and O–H groups in total. The predicted octanol–water partition coefficient (Wildman–Crippen LogP) is 8.61. The molecule has 0 aliphatic carbocycles. The van der Waals surface area contributed by atoms with Crippen LogP contribution >= 0.6 is 0 Å². The molecule has 11 heteroatoms. The molecule has 322 valence electrons. The lowest BCUT2D eigenvalue weighted by Gasteiger charge is -2.36. The number of hydrogen-bond acceptors (Lipinski definition) is 9. The summed E-state index contributed by atoms with van der Waals surface area (Å²) < 4.78 is 5.75. The highest BCUT2D eigenvalue weighted by molar-refractivity contribution is 5.89. The van der Waals surface area contributed by atoms with Gasteiger partial charge >= 0.3 is 0 Å².